The van der Waals surface area contributed by atoms with Crippen molar-refractivity contribution < 1.29 is 4.79 Å². The Kier molecular flexibility index (Phi) is 3.00. The van der Waals surface area contributed by atoms with E-state index in [-0.39, 0.29) is 11.9 Å². The highest BCUT2D eigenvalue weighted by Gasteiger charge is 2.32. The molecule has 1 aromatic heterocycles. The summed E-state index contributed by atoms with van der Waals surface area (Å²) in [6.45, 7) is 0.855. The number of fused-ring (bicyclic) bond motifs is 1. The van der Waals surface area contributed by atoms with Crippen LogP contribution in [0.5, 0.6) is 0 Å². The molecule has 0 spiro atoms. The van der Waals surface area contributed by atoms with Gasteiger partial charge in [-0.05, 0) is 25.0 Å². The van der Waals surface area contributed by atoms with Crippen molar-refractivity contribution in [3.05, 3.63) is 18.3 Å². The molecule has 1 aromatic carbocycles. The van der Waals surface area contributed by atoms with Crippen molar-refractivity contribution in [3.8, 4) is 0 Å². The number of carbonyl (C=O) groups excluding carboxylic acids is 1. The Balaban J connectivity index is 2.00. The summed E-state index contributed by atoms with van der Waals surface area (Å²) in [5, 5.41) is 7.96. The molecule has 1 saturated heterocycles. The predicted molar refractivity (Wildman–Crippen MR) is 79.6 cm³/mol. The van der Waals surface area contributed by atoms with E-state index < -0.39 is 0 Å². The highest BCUT2D eigenvalue weighted by Crippen LogP contribution is 2.33. The summed E-state index contributed by atoms with van der Waals surface area (Å²) < 4.78 is 0. The third kappa shape index (κ3) is 1.97. The van der Waals surface area contributed by atoms with E-state index in [0.717, 1.165) is 36.0 Å². The lowest BCUT2D eigenvalue weighted by molar-refractivity contribution is -0.129. The van der Waals surface area contributed by atoms with E-state index in [1.54, 1.807) is 25.2 Å². The first-order chi connectivity index (χ1) is 9.58. The van der Waals surface area contributed by atoms with Crippen molar-refractivity contribution in [3.63, 3.8) is 0 Å². The molecule has 1 amide bonds. The monoisotopic (exact) mass is 273 g/mol. The van der Waals surface area contributed by atoms with E-state index >= 15 is 0 Å². The summed E-state index contributed by atoms with van der Waals surface area (Å²) in [4.78, 5) is 16.0. The third-order valence-electron chi connectivity index (χ3n) is 3.88. The summed E-state index contributed by atoms with van der Waals surface area (Å²) in [5.74, 6) is 0.131. The minimum absolute atomic E-state index is 0.118. The third-order valence-corrected chi connectivity index (χ3v) is 3.88. The van der Waals surface area contributed by atoms with Gasteiger partial charge in [0.15, 0.2) is 0 Å². The van der Waals surface area contributed by atoms with Gasteiger partial charge in [0, 0.05) is 26.0 Å². The Bertz CT molecular complexity index is 648. The van der Waals surface area contributed by atoms with Crippen molar-refractivity contribution in [1.29, 1.82) is 0 Å². The highest BCUT2D eigenvalue weighted by molar-refractivity contribution is 5.92. The molecule has 1 fully saturated rings. The number of nitrogens with zero attached hydrogens (tertiary/aromatic N) is 3. The minimum atomic E-state index is -0.118. The van der Waals surface area contributed by atoms with Crippen LogP contribution in [0.1, 0.15) is 12.8 Å². The van der Waals surface area contributed by atoms with Crippen LogP contribution in [-0.4, -0.2) is 47.7 Å². The summed E-state index contributed by atoms with van der Waals surface area (Å²) in [6.07, 6.45) is 3.63. The number of nitrogens with two attached hydrogens (primary N) is 1. The lowest BCUT2D eigenvalue weighted by Crippen LogP contribution is -2.43. The Hall–Kier alpha value is -2.24. The number of nitrogen functional groups attached to an aromatic ring is 1. The first-order valence-electron chi connectivity index (χ1n) is 6.78. The number of H-pyrrole nitrogens is 1. The molecule has 3 N–H and O–H groups in total. The van der Waals surface area contributed by atoms with Crippen LogP contribution in [-0.2, 0) is 4.79 Å². The second kappa shape index (κ2) is 4.70. The number of amides is 1. The Labute approximate surface area is 117 Å². The lowest BCUT2D eigenvalue weighted by atomic mass is 10.1. The van der Waals surface area contributed by atoms with E-state index in [1.165, 1.54) is 0 Å². The highest BCUT2D eigenvalue weighted by atomic mass is 16.2. The van der Waals surface area contributed by atoms with Crippen molar-refractivity contribution in [2.45, 2.75) is 18.9 Å². The first kappa shape index (κ1) is 12.8. The van der Waals surface area contributed by atoms with E-state index in [1.807, 2.05) is 12.1 Å². The zero-order valence-electron chi connectivity index (χ0n) is 11.8. The summed E-state index contributed by atoms with van der Waals surface area (Å²) in [7, 11) is 3.58. The molecule has 0 aliphatic carbocycles. The van der Waals surface area contributed by atoms with Crippen LogP contribution in [0.3, 0.4) is 0 Å². The number of rotatable bonds is 2. The molecule has 6 nitrogen and oxygen atoms in total. The molecule has 1 unspecified atom stereocenters. The number of likely N-dealkylation sites (N-methyl/N-ethyl adjacent to an activating group) is 1. The van der Waals surface area contributed by atoms with E-state index in [0.29, 0.717) is 5.69 Å². The summed E-state index contributed by atoms with van der Waals surface area (Å²) in [5.41, 5.74) is 8.71. The van der Waals surface area contributed by atoms with Gasteiger partial charge in [-0.1, -0.05) is 0 Å². The molecule has 2 heterocycles. The van der Waals surface area contributed by atoms with Gasteiger partial charge >= 0.3 is 0 Å². The van der Waals surface area contributed by atoms with Crippen LogP contribution in [0.2, 0.25) is 0 Å². The number of nitrogens with one attached hydrogen (secondary N) is 1. The van der Waals surface area contributed by atoms with Crippen molar-refractivity contribution in [1.82, 2.24) is 15.1 Å². The van der Waals surface area contributed by atoms with Gasteiger partial charge in [0.2, 0.25) is 5.91 Å². The van der Waals surface area contributed by atoms with Crippen molar-refractivity contribution >= 4 is 28.2 Å². The van der Waals surface area contributed by atoms with E-state index in [2.05, 4.69) is 15.1 Å². The van der Waals surface area contributed by atoms with Crippen LogP contribution in [0, 0.1) is 0 Å². The number of hydrogen-bond donors (Lipinski definition) is 2. The maximum Gasteiger partial charge on any atom is 0.244 e. The van der Waals surface area contributed by atoms with Gasteiger partial charge in [-0.15, -0.1) is 0 Å². The zero-order valence-corrected chi connectivity index (χ0v) is 11.8. The molecule has 2 aromatic rings. The molecule has 3 rings (SSSR count). The Morgan fingerprint density at radius 1 is 1.50 bits per heavy atom. The summed E-state index contributed by atoms with van der Waals surface area (Å²) >= 11 is 0. The molecule has 0 bridgehead atoms. The molecular weight excluding hydrogens is 254 g/mol. The summed E-state index contributed by atoms with van der Waals surface area (Å²) in [6, 6.07) is 3.77. The lowest BCUT2D eigenvalue weighted by Gasteiger charge is -2.29. The quantitative estimate of drug-likeness (QED) is 0.806. The smallest absolute Gasteiger partial charge is 0.244 e. The maximum absolute atomic E-state index is 12.3. The second-order valence-corrected chi connectivity index (χ2v) is 5.45. The van der Waals surface area contributed by atoms with Gasteiger partial charge in [-0.25, -0.2) is 0 Å². The molecule has 1 aliphatic heterocycles. The molecule has 106 valence electrons. The number of benzene rings is 1. The van der Waals surface area contributed by atoms with Crippen LogP contribution in [0.15, 0.2) is 18.3 Å². The molecule has 1 atom stereocenters. The average molecular weight is 273 g/mol. The van der Waals surface area contributed by atoms with Gasteiger partial charge in [0.25, 0.3) is 0 Å². The number of aromatic nitrogens is 2. The van der Waals surface area contributed by atoms with E-state index in [4.69, 9.17) is 5.73 Å². The van der Waals surface area contributed by atoms with Gasteiger partial charge in [-0.3, -0.25) is 9.89 Å². The largest absolute Gasteiger partial charge is 0.397 e. The number of anilines is 2. The zero-order chi connectivity index (χ0) is 14.3. The first-order valence-corrected chi connectivity index (χ1v) is 6.78. The molecule has 1 aliphatic rings. The molecule has 6 heteroatoms. The molecule has 0 radical (unpaired) electrons. The van der Waals surface area contributed by atoms with Crippen LogP contribution < -0.4 is 10.6 Å². The minimum Gasteiger partial charge on any atom is -0.397 e. The maximum atomic E-state index is 12.3. The number of hydrogen-bond acceptors (Lipinski definition) is 4. The van der Waals surface area contributed by atoms with Gasteiger partial charge < -0.3 is 15.5 Å². The van der Waals surface area contributed by atoms with Crippen molar-refractivity contribution in [2.75, 3.05) is 31.3 Å². The normalized spacial score (nSPS) is 18.7. The van der Waals surface area contributed by atoms with Crippen LogP contribution in [0.4, 0.5) is 11.4 Å². The topological polar surface area (TPSA) is 78.2 Å². The predicted octanol–water partition coefficient (Wildman–Crippen LogP) is 1.20. The second-order valence-electron chi connectivity index (χ2n) is 5.45. The van der Waals surface area contributed by atoms with E-state index in [9.17, 15) is 4.79 Å². The number of carbonyl (C=O) groups is 1. The Morgan fingerprint density at radius 3 is 3.05 bits per heavy atom. The SMILES string of the molecule is CN(C)C(=O)C1CCCN1c1cc2[nH]ncc2cc1N. The fraction of sp³-hybridized carbons (Fsp3) is 0.429. The van der Waals surface area contributed by atoms with Gasteiger partial charge in [0.1, 0.15) is 6.04 Å². The van der Waals surface area contributed by atoms with Crippen LogP contribution in [0.25, 0.3) is 10.9 Å². The fourth-order valence-corrected chi connectivity index (χ4v) is 2.86. The number of aromatic amines is 1. The van der Waals surface area contributed by atoms with Crippen molar-refractivity contribution in [2.24, 2.45) is 0 Å². The molecular formula is C14H19N5O. The molecule has 20 heavy (non-hydrogen) atoms. The standard InChI is InChI=1S/C14H19N5O/c1-18(2)14(20)12-4-3-5-19(12)13-7-11-9(6-10(13)15)8-16-17-11/h6-8,12H,3-5,15H2,1-2H3,(H,16,17). The molecule has 0 saturated carbocycles. The van der Waals surface area contributed by atoms with Crippen LogP contribution >= 0.6 is 0 Å². The Morgan fingerprint density at radius 2 is 2.30 bits per heavy atom. The van der Waals surface area contributed by atoms with Gasteiger partial charge in [-0.2, -0.15) is 5.10 Å². The fourth-order valence-electron chi connectivity index (χ4n) is 2.86. The average Bonchev–Trinajstić information content (AvgIpc) is 3.04. The van der Waals surface area contributed by atoms with Gasteiger partial charge in [0.05, 0.1) is 23.1 Å².